The van der Waals surface area contributed by atoms with Crippen LogP contribution in [0, 0.1) is 6.92 Å². The molecule has 112 valence electrons. The number of aromatic nitrogens is 3. The van der Waals surface area contributed by atoms with E-state index in [9.17, 15) is 4.79 Å². The summed E-state index contributed by atoms with van der Waals surface area (Å²) in [7, 11) is 2.00. The van der Waals surface area contributed by atoms with Crippen LogP contribution in [0.5, 0.6) is 0 Å². The Kier molecular flexibility index (Phi) is 3.50. The summed E-state index contributed by atoms with van der Waals surface area (Å²) in [5.74, 6) is 0.297. The molecule has 0 bridgehead atoms. The molecule has 1 amide bonds. The van der Waals surface area contributed by atoms with Crippen LogP contribution in [0.1, 0.15) is 24.0 Å². The molecule has 0 saturated heterocycles. The SMILES string of the molecule is Cc1cc(NC(=O)C(C)N2CCc3c(ncn3C)C2)on1. The maximum atomic E-state index is 12.3. The molecule has 0 saturated carbocycles. The molecular formula is C14H19N5O2. The van der Waals surface area contributed by atoms with E-state index in [1.807, 2.05) is 27.2 Å². The highest BCUT2D eigenvalue weighted by Crippen LogP contribution is 2.19. The van der Waals surface area contributed by atoms with Crippen molar-refractivity contribution in [3.05, 3.63) is 29.5 Å². The van der Waals surface area contributed by atoms with Gasteiger partial charge in [0.1, 0.15) is 0 Å². The van der Waals surface area contributed by atoms with Gasteiger partial charge in [-0.2, -0.15) is 0 Å². The van der Waals surface area contributed by atoms with Crippen molar-refractivity contribution in [3.63, 3.8) is 0 Å². The summed E-state index contributed by atoms with van der Waals surface area (Å²) in [6.07, 6.45) is 2.74. The number of hydrogen-bond donors (Lipinski definition) is 1. The quantitative estimate of drug-likeness (QED) is 0.915. The molecule has 1 N–H and O–H groups in total. The van der Waals surface area contributed by atoms with Gasteiger partial charge in [0.05, 0.1) is 23.8 Å². The number of imidazole rings is 1. The Balaban J connectivity index is 1.65. The first-order valence-electron chi connectivity index (χ1n) is 7.02. The standard InChI is InChI=1S/C14H19N5O2/c1-9-6-13(21-17-9)16-14(20)10(2)19-5-4-12-11(7-19)15-8-18(12)3/h6,8,10H,4-5,7H2,1-3H3,(H,16,20). The van der Waals surface area contributed by atoms with E-state index in [0.29, 0.717) is 12.4 Å². The predicted molar refractivity (Wildman–Crippen MR) is 76.7 cm³/mol. The predicted octanol–water partition coefficient (Wildman–Crippen LogP) is 1.10. The third-order valence-electron chi connectivity index (χ3n) is 3.94. The van der Waals surface area contributed by atoms with E-state index in [4.69, 9.17) is 4.52 Å². The van der Waals surface area contributed by atoms with E-state index < -0.39 is 0 Å². The topological polar surface area (TPSA) is 76.2 Å². The maximum Gasteiger partial charge on any atom is 0.243 e. The van der Waals surface area contributed by atoms with Crippen molar-refractivity contribution in [2.75, 3.05) is 11.9 Å². The molecule has 0 aliphatic carbocycles. The smallest absolute Gasteiger partial charge is 0.243 e. The highest BCUT2D eigenvalue weighted by atomic mass is 16.5. The molecule has 7 heteroatoms. The Morgan fingerprint density at radius 1 is 1.52 bits per heavy atom. The van der Waals surface area contributed by atoms with Crippen molar-refractivity contribution in [1.29, 1.82) is 0 Å². The Labute approximate surface area is 122 Å². The lowest BCUT2D eigenvalue weighted by Gasteiger charge is -2.30. The van der Waals surface area contributed by atoms with E-state index in [2.05, 4.69) is 24.9 Å². The van der Waals surface area contributed by atoms with E-state index >= 15 is 0 Å². The lowest BCUT2D eigenvalue weighted by molar-refractivity contribution is -0.121. The van der Waals surface area contributed by atoms with Gasteiger partial charge in [-0.3, -0.25) is 15.0 Å². The number of fused-ring (bicyclic) bond motifs is 1. The van der Waals surface area contributed by atoms with Crippen LogP contribution in [0.25, 0.3) is 0 Å². The first-order valence-corrected chi connectivity index (χ1v) is 7.02. The fourth-order valence-corrected chi connectivity index (χ4v) is 2.62. The first-order chi connectivity index (χ1) is 10.0. The lowest BCUT2D eigenvalue weighted by Crippen LogP contribution is -2.44. The minimum Gasteiger partial charge on any atom is -0.338 e. The van der Waals surface area contributed by atoms with Crippen molar-refractivity contribution >= 4 is 11.8 Å². The van der Waals surface area contributed by atoms with Crippen molar-refractivity contribution in [2.24, 2.45) is 7.05 Å². The van der Waals surface area contributed by atoms with Gasteiger partial charge in [0.15, 0.2) is 0 Å². The number of aryl methyl sites for hydroxylation is 2. The lowest BCUT2D eigenvalue weighted by atomic mass is 10.1. The monoisotopic (exact) mass is 289 g/mol. The summed E-state index contributed by atoms with van der Waals surface area (Å²) in [5, 5.41) is 6.51. The van der Waals surface area contributed by atoms with Crippen molar-refractivity contribution in [3.8, 4) is 0 Å². The van der Waals surface area contributed by atoms with Crippen molar-refractivity contribution in [1.82, 2.24) is 19.6 Å². The summed E-state index contributed by atoms with van der Waals surface area (Å²) in [5.41, 5.74) is 3.05. The third-order valence-corrected chi connectivity index (χ3v) is 3.94. The second-order valence-corrected chi connectivity index (χ2v) is 5.47. The third kappa shape index (κ3) is 2.69. The number of carbonyl (C=O) groups is 1. The molecule has 1 atom stereocenters. The van der Waals surface area contributed by atoms with Gasteiger partial charge in [-0.05, 0) is 13.8 Å². The van der Waals surface area contributed by atoms with Gasteiger partial charge >= 0.3 is 0 Å². The van der Waals surface area contributed by atoms with Crippen LogP contribution in [-0.4, -0.2) is 38.1 Å². The van der Waals surface area contributed by atoms with E-state index in [1.165, 1.54) is 5.69 Å². The Bertz CT molecular complexity index is 660. The van der Waals surface area contributed by atoms with Gasteiger partial charge in [-0.1, -0.05) is 5.16 Å². The summed E-state index contributed by atoms with van der Waals surface area (Å²) >= 11 is 0. The summed E-state index contributed by atoms with van der Waals surface area (Å²) in [6, 6.07) is 1.46. The fraction of sp³-hybridized carbons (Fsp3) is 0.500. The Morgan fingerprint density at radius 3 is 3.05 bits per heavy atom. The highest BCUT2D eigenvalue weighted by molar-refractivity contribution is 5.93. The van der Waals surface area contributed by atoms with Crippen LogP contribution in [0.3, 0.4) is 0 Å². The first kappa shape index (κ1) is 13.8. The number of nitrogens with one attached hydrogen (secondary N) is 1. The molecule has 1 aliphatic heterocycles. The maximum absolute atomic E-state index is 12.3. The number of nitrogens with zero attached hydrogens (tertiary/aromatic N) is 4. The zero-order valence-corrected chi connectivity index (χ0v) is 12.5. The van der Waals surface area contributed by atoms with Crippen LogP contribution in [-0.2, 0) is 24.8 Å². The molecule has 0 fully saturated rings. The van der Waals surface area contributed by atoms with Crippen LogP contribution >= 0.6 is 0 Å². The molecule has 1 aliphatic rings. The summed E-state index contributed by atoms with van der Waals surface area (Å²) < 4.78 is 7.07. The normalized spacial score (nSPS) is 16.5. The molecule has 0 aromatic carbocycles. The highest BCUT2D eigenvalue weighted by Gasteiger charge is 2.27. The van der Waals surface area contributed by atoms with Gasteiger partial charge in [0.2, 0.25) is 11.8 Å². The van der Waals surface area contributed by atoms with Crippen molar-refractivity contribution < 1.29 is 9.32 Å². The molecular weight excluding hydrogens is 270 g/mol. The second-order valence-electron chi connectivity index (χ2n) is 5.47. The molecule has 3 rings (SSSR count). The van der Waals surface area contributed by atoms with Gasteiger partial charge < -0.3 is 9.09 Å². The number of rotatable bonds is 3. The molecule has 2 aromatic heterocycles. The van der Waals surface area contributed by atoms with Crippen LogP contribution < -0.4 is 5.32 Å². The number of amides is 1. The van der Waals surface area contributed by atoms with E-state index in [1.54, 1.807) is 6.07 Å². The molecule has 0 radical (unpaired) electrons. The van der Waals surface area contributed by atoms with Gasteiger partial charge in [-0.25, -0.2) is 4.98 Å². The van der Waals surface area contributed by atoms with Crippen LogP contribution in [0.15, 0.2) is 16.9 Å². The molecule has 21 heavy (non-hydrogen) atoms. The molecule has 1 unspecified atom stereocenters. The minimum absolute atomic E-state index is 0.0921. The largest absolute Gasteiger partial charge is 0.338 e. The average Bonchev–Trinajstić information content (AvgIpc) is 3.04. The van der Waals surface area contributed by atoms with Crippen LogP contribution in [0.4, 0.5) is 5.88 Å². The number of carbonyl (C=O) groups excluding carboxylic acids is 1. The zero-order chi connectivity index (χ0) is 15.0. The number of anilines is 1. The molecule has 7 nitrogen and oxygen atoms in total. The summed E-state index contributed by atoms with van der Waals surface area (Å²) in [4.78, 5) is 18.8. The zero-order valence-electron chi connectivity index (χ0n) is 12.5. The van der Waals surface area contributed by atoms with Gasteiger partial charge in [-0.15, -0.1) is 0 Å². The number of hydrogen-bond acceptors (Lipinski definition) is 5. The second kappa shape index (κ2) is 5.33. The Morgan fingerprint density at radius 2 is 2.33 bits per heavy atom. The van der Waals surface area contributed by atoms with Crippen LogP contribution in [0.2, 0.25) is 0 Å². The van der Waals surface area contributed by atoms with E-state index in [0.717, 1.165) is 24.4 Å². The van der Waals surface area contributed by atoms with Gasteiger partial charge in [0.25, 0.3) is 0 Å². The minimum atomic E-state index is -0.245. The van der Waals surface area contributed by atoms with Crippen molar-refractivity contribution in [2.45, 2.75) is 32.9 Å². The van der Waals surface area contributed by atoms with E-state index in [-0.39, 0.29) is 11.9 Å². The summed E-state index contributed by atoms with van der Waals surface area (Å²) in [6.45, 7) is 5.25. The Hall–Kier alpha value is -2.15. The fourth-order valence-electron chi connectivity index (χ4n) is 2.62. The average molecular weight is 289 g/mol. The van der Waals surface area contributed by atoms with Gasteiger partial charge in [0, 0.05) is 38.3 Å². The molecule has 2 aromatic rings. The molecule has 0 spiro atoms. The molecule has 3 heterocycles.